The van der Waals surface area contributed by atoms with E-state index in [1.165, 1.54) is 23.1 Å². The third-order valence-corrected chi connectivity index (χ3v) is 3.84. The van der Waals surface area contributed by atoms with Gasteiger partial charge in [-0.05, 0) is 48.2 Å². The molecule has 0 bridgehead atoms. The highest BCUT2D eigenvalue weighted by atomic mass is 16.5. The van der Waals surface area contributed by atoms with Gasteiger partial charge in [-0.3, -0.25) is 0 Å². The van der Waals surface area contributed by atoms with Crippen LogP contribution >= 0.6 is 0 Å². The van der Waals surface area contributed by atoms with Crippen molar-refractivity contribution in [3.8, 4) is 5.75 Å². The Labute approximate surface area is 128 Å². The lowest BCUT2D eigenvalue weighted by molar-refractivity contribution is 0.306. The van der Waals surface area contributed by atoms with Crippen molar-refractivity contribution in [1.29, 1.82) is 0 Å². The Morgan fingerprint density at radius 1 is 1.05 bits per heavy atom. The lowest BCUT2D eigenvalue weighted by Crippen LogP contribution is -2.05. The van der Waals surface area contributed by atoms with Gasteiger partial charge in [0, 0.05) is 6.54 Å². The molecule has 1 atom stereocenters. The first-order valence-corrected chi connectivity index (χ1v) is 7.68. The summed E-state index contributed by atoms with van der Waals surface area (Å²) in [6, 6.07) is 17.0. The van der Waals surface area contributed by atoms with Crippen LogP contribution in [-0.2, 0) is 13.2 Å². The first-order chi connectivity index (χ1) is 10.2. The van der Waals surface area contributed by atoms with Gasteiger partial charge in [0.2, 0.25) is 0 Å². The van der Waals surface area contributed by atoms with E-state index >= 15 is 0 Å². The zero-order valence-corrected chi connectivity index (χ0v) is 13.2. The molecule has 0 aliphatic rings. The molecule has 0 aliphatic heterocycles. The normalized spacial score (nSPS) is 12.1. The summed E-state index contributed by atoms with van der Waals surface area (Å²) in [6.45, 7) is 5.97. The van der Waals surface area contributed by atoms with E-state index in [1.807, 2.05) is 7.05 Å². The van der Waals surface area contributed by atoms with E-state index in [-0.39, 0.29) is 0 Å². The molecule has 2 heteroatoms. The highest BCUT2D eigenvalue weighted by Gasteiger charge is 2.03. The smallest absolute Gasteiger partial charge is 0.119 e. The van der Waals surface area contributed by atoms with Gasteiger partial charge in [0.15, 0.2) is 0 Å². The van der Waals surface area contributed by atoms with Crippen LogP contribution in [0.4, 0.5) is 0 Å². The second kappa shape index (κ2) is 7.84. The third kappa shape index (κ3) is 4.61. The first kappa shape index (κ1) is 15.6. The summed E-state index contributed by atoms with van der Waals surface area (Å²) in [5.41, 5.74) is 3.86. The van der Waals surface area contributed by atoms with Crippen LogP contribution < -0.4 is 10.1 Å². The van der Waals surface area contributed by atoms with Crippen LogP contribution in [0, 0.1) is 0 Å². The molecule has 0 spiro atoms. The molecule has 2 nitrogen and oxygen atoms in total. The van der Waals surface area contributed by atoms with Crippen molar-refractivity contribution in [2.24, 2.45) is 0 Å². The van der Waals surface area contributed by atoms with Crippen LogP contribution in [0.1, 0.15) is 42.9 Å². The van der Waals surface area contributed by atoms with E-state index in [4.69, 9.17) is 4.74 Å². The average Bonchev–Trinajstić information content (AvgIpc) is 2.53. The zero-order valence-electron chi connectivity index (χ0n) is 13.2. The van der Waals surface area contributed by atoms with Crippen molar-refractivity contribution in [3.63, 3.8) is 0 Å². The van der Waals surface area contributed by atoms with Crippen molar-refractivity contribution < 1.29 is 4.74 Å². The Kier molecular flexibility index (Phi) is 5.82. The van der Waals surface area contributed by atoms with Gasteiger partial charge < -0.3 is 10.1 Å². The second-order valence-corrected chi connectivity index (χ2v) is 5.52. The quantitative estimate of drug-likeness (QED) is 0.808. The van der Waals surface area contributed by atoms with Crippen LogP contribution in [0.5, 0.6) is 5.75 Å². The van der Waals surface area contributed by atoms with E-state index in [9.17, 15) is 0 Å². The Bertz CT molecular complexity index is 548. The van der Waals surface area contributed by atoms with Crippen LogP contribution in [0.2, 0.25) is 0 Å². The zero-order chi connectivity index (χ0) is 15.1. The maximum Gasteiger partial charge on any atom is 0.119 e. The van der Waals surface area contributed by atoms with Gasteiger partial charge in [0.05, 0.1) is 0 Å². The summed E-state index contributed by atoms with van der Waals surface area (Å²) in [6.07, 6.45) is 1.17. The van der Waals surface area contributed by atoms with Crippen molar-refractivity contribution >= 4 is 0 Å². The van der Waals surface area contributed by atoms with Gasteiger partial charge >= 0.3 is 0 Å². The predicted octanol–water partition coefficient (Wildman–Crippen LogP) is 4.50. The Morgan fingerprint density at radius 3 is 2.43 bits per heavy atom. The van der Waals surface area contributed by atoms with E-state index in [0.29, 0.717) is 12.5 Å². The molecule has 0 saturated carbocycles. The van der Waals surface area contributed by atoms with Gasteiger partial charge in [-0.2, -0.15) is 0 Å². The monoisotopic (exact) mass is 283 g/mol. The number of nitrogens with one attached hydrogen (secondary N) is 1. The molecule has 0 amide bonds. The number of rotatable bonds is 7. The van der Waals surface area contributed by atoms with Crippen LogP contribution in [0.15, 0.2) is 48.5 Å². The molecule has 21 heavy (non-hydrogen) atoms. The van der Waals surface area contributed by atoms with Crippen molar-refractivity contribution in [2.75, 3.05) is 7.05 Å². The van der Waals surface area contributed by atoms with Gasteiger partial charge in [0.25, 0.3) is 0 Å². The highest BCUT2D eigenvalue weighted by molar-refractivity contribution is 5.30. The summed E-state index contributed by atoms with van der Waals surface area (Å²) in [5, 5.41) is 3.17. The van der Waals surface area contributed by atoms with Crippen molar-refractivity contribution in [3.05, 3.63) is 65.2 Å². The largest absolute Gasteiger partial charge is 0.489 e. The van der Waals surface area contributed by atoms with Crippen LogP contribution in [0.25, 0.3) is 0 Å². The molecule has 0 fully saturated rings. The lowest BCUT2D eigenvalue weighted by Gasteiger charge is -2.11. The lowest BCUT2D eigenvalue weighted by atomic mass is 9.99. The molecular weight excluding hydrogens is 258 g/mol. The molecule has 2 aromatic carbocycles. The van der Waals surface area contributed by atoms with Gasteiger partial charge in [-0.1, -0.05) is 50.2 Å². The van der Waals surface area contributed by atoms with Crippen molar-refractivity contribution in [2.45, 2.75) is 39.3 Å². The summed E-state index contributed by atoms with van der Waals surface area (Å²) in [4.78, 5) is 0. The van der Waals surface area contributed by atoms with Crippen molar-refractivity contribution in [1.82, 2.24) is 5.32 Å². The average molecular weight is 283 g/mol. The summed E-state index contributed by atoms with van der Waals surface area (Å²) < 4.78 is 5.87. The summed E-state index contributed by atoms with van der Waals surface area (Å²) in [7, 11) is 1.96. The Balaban J connectivity index is 1.95. The van der Waals surface area contributed by atoms with Crippen LogP contribution in [0.3, 0.4) is 0 Å². The molecule has 2 rings (SSSR count). The van der Waals surface area contributed by atoms with Gasteiger partial charge in [-0.25, -0.2) is 0 Å². The van der Waals surface area contributed by atoms with E-state index < -0.39 is 0 Å². The minimum Gasteiger partial charge on any atom is -0.489 e. The fourth-order valence-electron chi connectivity index (χ4n) is 2.33. The number of hydrogen-bond acceptors (Lipinski definition) is 2. The van der Waals surface area contributed by atoms with Gasteiger partial charge in [-0.15, -0.1) is 0 Å². The standard InChI is InChI=1S/C19H25NO/c1-4-15(2)18-8-10-19(11-9-18)21-14-17-7-5-6-16(12-17)13-20-3/h5-12,15,20H,4,13-14H2,1-3H3. The molecule has 1 N–H and O–H groups in total. The fourth-order valence-corrected chi connectivity index (χ4v) is 2.33. The van der Waals surface area contributed by atoms with Gasteiger partial charge in [0.1, 0.15) is 12.4 Å². The third-order valence-electron chi connectivity index (χ3n) is 3.84. The topological polar surface area (TPSA) is 21.3 Å². The molecule has 2 aromatic rings. The highest BCUT2D eigenvalue weighted by Crippen LogP contribution is 2.22. The number of ether oxygens (including phenoxy) is 1. The fraction of sp³-hybridized carbons (Fsp3) is 0.368. The number of benzene rings is 2. The predicted molar refractivity (Wildman–Crippen MR) is 88.7 cm³/mol. The molecule has 0 heterocycles. The van der Waals surface area contributed by atoms with E-state index in [1.54, 1.807) is 0 Å². The molecule has 0 radical (unpaired) electrons. The molecule has 0 saturated heterocycles. The number of hydrogen-bond donors (Lipinski definition) is 1. The molecule has 0 aromatic heterocycles. The van der Waals surface area contributed by atoms with E-state index in [0.717, 1.165) is 12.3 Å². The second-order valence-electron chi connectivity index (χ2n) is 5.52. The minimum absolute atomic E-state index is 0.609. The summed E-state index contributed by atoms with van der Waals surface area (Å²) in [5.74, 6) is 1.54. The molecule has 1 unspecified atom stereocenters. The minimum atomic E-state index is 0.609. The Hall–Kier alpha value is -1.80. The van der Waals surface area contributed by atoms with E-state index in [2.05, 4.69) is 67.7 Å². The Morgan fingerprint density at radius 2 is 1.76 bits per heavy atom. The molecule has 0 aliphatic carbocycles. The maximum absolute atomic E-state index is 5.87. The van der Waals surface area contributed by atoms with Crippen LogP contribution in [-0.4, -0.2) is 7.05 Å². The summed E-state index contributed by atoms with van der Waals surface area (Å²) >= 11 is 0. The first-order valence-electron chi connectivity index (χ1n) is 7.68. The maximum atomic E-state index is 5.87. The molecule has 112 valence electrons. The molecular formula is C19H25NO. The SMILES string of the molecule is CCC(C)c1ccc(OCc2cccc(CNC)c2)cc1.